The maximum Gasteiger partial charge on any atom is 0.326 e. The number of carboxylic acids is 1. The zero-order valence-corrected chi connectivity index (χ0v) is 19.1. The Hall–Kier alpha value is -2.73. The molecule has 12 heteroatoms. The molecule has 5 unspecified atom stereocenters. The van der Waals surface area contributed by atoms with Crippen molar-refractivity contribution in [2.45, 2.75) is 77.5 Å². The zero-order chi connectivity index (χ0) is 25.0. The van der Waals surface area contributed by atoms with E-state index >= 15 is 0 Å². The van der Waals surface area contributed by atoms with E-state index in [2.05, 4.69) is 16.0 Å². The van der Waals surface area contributed by atoms with Crippen LogP contribution in [0.3, 0.4) is 0 Å². The molecule has 0 aromatic heterocycles. The standard InChI is InChI=1S/C20H37N5O7/c1-5-11(4)16(19(30)23-13(20(31)32)6-7-15(22)27)25-18(29)14(9-26)24-17(28)12(21)8-10(2)3/h10-14,16,26H,5-9,21H2,1-4H3,(H2,22,27)(H,23,30)(H,24,28)(H,25,29)(H,31,32). The first kappa shape index (κ1) is 29.3. The number of rotatable bonds is 15. The van der Waals surface area contributed by atoms with Gasteiger partial charge in [0.2, 0.25) is 23.6 Å². The third-order valence-corrected chi connectivity index (χ3v) is 4.96. The summed E-state index contributed by atoms with van der Waals surface area (Å²) >= 11 is 0. The van der Waals surface area contributed by atoms with Gasteiger partial charge in [-0.1, -0.05) is 34.1 Å². The fourth-order valence-electron chi connectivity index (χ4n) is 2.85. The van der Waals surface area contributed by atoms with E-state index in [1.165, 1.54) is 0 Å². The lowest BCUT2D eigenvalue weighted by Gasteiger charge is -2.27. The van der Waals surface area contributed by atoms with Crippen LogP contribution in [0.15, 0.2) is 0 Å². The maximum atomic E-state index is 12.7. The lowest BCUT2D eigenvalue weighted by atomic mass is 9.97. The van der Waals surface area contributed by atoms with Crippen molar-refractivity contribution in [2.75, 3.05) is 6.61 Å². The summed E-state index contributed by atoms with van der Waals surface area (Å²) in [5.74, 6) is -4.53. The Bertz CT molecular complexity index is 671. The number of aliphatic hydroxyl groups excluding tert-OH is 1. The van der Waals surface area contributed by atoms with Gasteiger partial charge in [-0.2, -0.15) is 0 Å². The van der Waals surface area contributed by atoms with E-state index in [9.17, 15) is 34.2 Å². The van der Waals surface area contributed by atoms with Crippen LogP contribution in [0.1, 0.15) is 53.4 Å². The van der Waals surface area contributed by atoms with Crippen LogP contribution in [-0.4, -0.2) is 70.6 Å². The number of aliphatic hydroxyl groups is 1. The second kappa shape index (κ2) is 14.4. The van der Waals surface area contributed by atoms with Crippen molar-refractivity contribution in [3.63, 3.8) is 0 Å². The van der Waals surface area contributed by atoms with E-state index in [1.54, 1.807) is 13.8 Å². The van der Waals surface area contributed by atoms with Gasteiger partial charge in [-0.25, -0.2) is 4.79 Å². The van der Waals surface area contributed by atoms with Crippen molar-refractivity contribution in [2.24, 2.45) is 23.3 Å². The van der Waals surface area contributed by atoms with Crippen LogP contribution in [0.4, 0.5) is 0 Å². The number of hydrogen-bond donors (Lipinski definition) is 7. The molecule has 0 saturated heterocycles. The quantitative estimate of drug-likeness (QED) is 0.148. The van der Waals surface area contributed by atoms with Crippen LogP contribution in [0.5, 0.6) is 0 Å². The van der Waals surface area contributed by atoms with Gasteiger partial charge in [0.1, 0.15) is 18.1 Å². The molecule has 0 heterocycles. The molecule has 0 aliphatic carbocycles. The number of carboxylic acid groups (broad SMARTS) is 1. The second-order valence-corrected chi connectivity index (χ2v) is 8.26. The third-order valence-electron chi connectivity index (χ3n) is 4.96. The molecule has 0 rings (SSSR count). The second-order valence-electron chi connectivity index (χ2n) is 8.26. The highest BCUT2D eigenvalue weighted by Crippen LogP contribution is 2.10. The summed E-state index contributed by atoms with van der Waals surface area (Å²) in [6, 6.07) is -4.73. The molecule has 184 valence electrons. The van der Waals surface area contributed by atoms with Crippen LogP contribution in [0, 0.1) is 11.8 Å². The summed E-state index contributed by atoms with van der Waals surface area (Å²) in [4.78, 5) is 59.9. The van der Waals surface area contributed by atoms with Crippen molar-refractivity contribution in [1.82, 2.24) is 16.0 Å². The van der Waals surface area contributed by atoms with Crippen LogP contribution < -0.4 is 27.4 Å². The lowest BCUT2D eigenvalue weighted by Crippen LogP contribution is -2.59. The topological polar surface area (TPSA) is 214 Å². The third kappa shape index (κ3) is 10.5. The molecule has 12 nitrogen and oxygen atoms in total. The average Bonchev–Trinajstić information content (AvgIpc) is 2.70. The normalized spacial score (nSPS) is 15.7. The minimum Gasteiger partial charge on any atom is -0.480 e. The molecule has 0 radical (unpaired) electrons. The molecular weight excluding hydrogens is 422 g/mol. The molecule has 5 atom stereocenters. The van der Waals surface area contributed by atoms with Gasteiger partial charge in [0.05, 0.1) is 12.6 Å². The summed E-state index contributed by atoms with van der Waals surface area (Å²) in [6.07, 6.45) is 0.395. The van der Waals surface area contributed by atoms with Gasteiger partial charge in [-0.05, 0) is 24.7 Å². The molecule has 9 N–H and O–H groups in total. The number of carbonyl (C=O) groups excluding carboxylic acids is 4. The van der Waals surface area contributed by atoms with E-state index < -0.39 is 66.3 Å². The molecule has 0 spiro atoms. The molecule has 4 amide bonds. The molecule has 32 heavy (non-hydrogen) atoms. The Balaban J connectivity index is 5.31. The van der Waals surface area contributed by atoms with Crippen molar-refractivity contribution in [3.05, 3.63) is 0 Å². The predicted molar refractivity (Wildman–Crippen MR) is 116 cm³/mol. The van der Waals surface area contributed by atoms with E-state index in [0.29, 0.717) is 12.8 Å². The van der Waals surface area contributed by atoms with Crippen LogP contribution in [0.2, 0.25) is 0 Å². The number of hydrogen-bond acceptors (Lipinski definition) is 7. The van der Waals surface area contributed by atoms with Gasteiger partial charge < -0.3 is 37.6 Å². The minimum absolute atomic E-state index is 0.146. The molecular formula is C20H37N5O7. The van der Waals surface area contributed by atoms with Gasteiger partial charge in [0.25, 0.3) is 0 Å². The molecule has 0 fully saturated rings. The summed E-state index contributed by atoms with van der Waals surface area (Å²) in [5, 5.41) is 26.0. The smallest absolute Gasteiger partial charge is 0.326 e. The van der Waals surface area contributed by atoms with Crippen molar-refractivity contribution in [1.29, 1.82) is 0 Å². The van der Waals surface area contributed by atoms with Crippen LogP contribution in [-0.2, 0) is 24.0 Å². The summed E-state index contributed by atoms with van der Waals surface area (Å²) in [7, 11) is 0. The van der Waals surface area contributed by atoms with Crippen molar-refractivity contribution in [3.8, 4) is 0 Å². The predicted octanol–water partition coefficient (Wildman–Crippen LogP) is -1.80. The van der Waals surface area contributed by atoms with Gasteiger partial charge in [-0.15, -0.1) is 0 Å². The minimum atomic E-state index is -1.37. The number of nitrogens with one attached hydrogen (secondary N) is 3. The lowest BCUT2D eigenvalue weighted by molar-refractivity contribution is -0.143. The van der Waals surface area contributed by atoms with Gasteiger partial charge >= 0.3 is 5.97 Å². The van der Waals surface area contributed by atoms with E-state index in [4.69, 9.17) is 11.5 Å². The Morgan fingerprint density at radius 2 is 1.47 bits per heavy atom. The molecule has 0 bridgehead atoms. The first-order valence-electron chi connectivity index (χ1n) is 10.6. The SMILES string of the molecule is CCC(C)C(NC(=O)C(CO)NC(=O)C(N)CC(C)C)C(=O)NC(CCC(N)=O)C(=O)O. The first-order chi connectivity index (χ1) is 14.8. The monoisotopic (exact) mass is 459 g/mol. The summed E-state index contributed by atoms with van der Waals surface area (Å²) < 4.78 is 0. The van der Waals surface area contributed by atoms with E-state index in [1.807, 2.05) is 13.8 Å². The molecule has 0 aromatic rings. The van der Waals surface area contributed by atoms with Crippen molar-refractivity contribution < 1.29 is 34.2 Å². The number of amides is 4. The zero-order valence-electron chi connectivity index (χ0n) is 19.1. The fourth-order valence-corrected chi connectivity index (χ4v) is 2.85. The Labute approximate surface area is 187 Å². The summed E-state index contributed by atoms with van der Waals surface area (Å²) in [5.41, 5.74) is 10.8. The molecule has 0 aromatic carbocycles. The number of primary amides is 1. The Morgan fingerprint density at radius 3 is 1.91 bits per heavy atom. The number of carbonyl (C=O) groups is 5. The van der Waals surface area contributed by atoms with Crippen LogP contribution in [0.25, 0.3) is 0 Å². The van der Waals surface area contributed by atoms with Crippen molar-refractivity contribution >= 4 is 29.6 Å². The highest BCUT2D eigenvalue weighted by atomic mass is 16.4. The molecule has 0 aliphatic rings. The largest absolute Gasteiger partial charge is 0.480 e. The van der Waals surface area contributed by atoms with E-state index in [-0.39, 0.29) is 18.8 Å². The first-order valence-corrected chi connectivity index (χ1v) is 10.6. The highest BCUT2D eigenvalue weighted by Gasteiger charge is 2.32. The molecule has 0 aliphatic heterocycles. The van der Waals surface area contributed by atoms with E-state index in [0.717, 1.165) is 0 Å². The number of aliphatic carboxylic acids is 1. The Kier molecular flexibility index (Phi) is 13.1. The summed E-state index contributed by atoms with van der Waals surface area (Å²) in [6.45, 7) is 6.49. The van der Waals surface area contributed by atoms with Gasteiger partial charge in [-0.3, -0.25) is 19.2 Å². The average molecular weight is 460 g/mol. The number of nitrogens with two attached hydrogens (primary N) is 2. The van der Waals surface area contributed by atoms with Gasteiger partial charge in [0.15, 0.2) is 0 Å². The highest BCUT2D eigenvalue weighted by molar-refractivity contribution is 5.94. The fraction of sp³-hybridized carbons (Fsp3) is 0.750. The maximum absolute atomic E-state index is 12.7. The Morgan fingerprint density at radius 1 is 0.906 bits per heavy atom. The van der Waals surface area contributed by atoms with Crippen LogP contribution >= 0.6 is 0 Å². The molecule has 0 saturated carbocycles. The van der Waals surface area contributed by atoms with Gasteiger partial charge in [0, 0.05) is 6.42 Å².